The van der Waals surface area contributed by atoms with Crippen LogP contribution in [0.2, 0.25) is 0 Å². The van der Waals surface area contributed by atoms with E-state index in [1.807, 2.05) is 42.5 Å². The average molecular weight is 337 g/mol. The van der Waals surface area contributed by atoms with Crippen LogP contribution in [0.1, 0.15) is 11.1 Å². The number of rotatable bonds is 4. The summed E-state index contributed by atoms with van der Waals surface area (Å²) in [5.41, 5.74) is 1.87. The maximum Gasteiger partial charge on any atom is 0.238 e. The topological polar surface area (TPSA) is 96.0 Å². The fourth-order valence-corrected chi connectivity index (χ4v) is 3.03. The molecule has 0 spiro atoms. The largest absolute Gasteiger partial charge is 0.380 e. The number of nitrogens with zero attached hydrogens (tertiary/aromatic N) is 1. The molecule has 0 aliphatic carbocycles. The van der Waals surface area contributed by atoms with E-state index in [0.717, 1.165) is 16.3 Å². The fraction of sp³-hybridized carbons (Fsp3) is 0.0556. The quantitative estimate of drug-likeness (QED) is 0.765. The summed E-state index contributed by atoms with van der Waals surface area (Å²) >= 11 is 0. The van der Waals surface area contributed by atoms with Gasteiger partial charge in [-0.05, 0) is 40.6 Å². The molecule has 0 fully saturated rings. The van der Waals surface area contributed by atoms with Crippen LogP contribution >= 0.6 is 0 Å². The van der Waals surface area contributed by atoms with Crippen molar-refractivity contribution in [3.8, 4) is 6.07 Å². The molecule has 3 rings (SSSR count). The molecular formula is C18H15N3O2S. The van der Waals surface area contributed by atoms with Crippen LogP contribution in [0.4, 0.5) is 5.69 Å². The Morgan fingerprint density at radius 1 is 1.00 bits per heavy atom. The zero-order valence-corrected chi connectivity index (χ0v) is 13.5. The van der Waals surface area contributed by atoms with Crippen LogP contribution < -0.4 is 10.5 Å². The first-order valence-corrected chi connectivity index (χ1v) is 8.80. The van der Waals surface area contributed by atoms with Gasteiger partial charge in [-0.2, -0.15) is 5.26 Å². The molecule has 6 heteroatoms. The zero-order chi connectivity index (χ0) is 17.2. The minimum Gasteiger partial charge on any atom is -0.380 e. The molecule has 24 heavy (non-hydrogen) atoms. The maximum atomic E-state index is 11.4. The lowest BCUT2D eigenvalue weighted by Crippen LogP contribution is -2.12. The van der Waals surface area contributed by atoms with Crippen molar-refractivity contribution in [3.63, 3.8) is 0 Å². The molecule has 3 N–H and O–H groups in total. The van der Waals surface area contributed by atoms with Gasteiger partial charge in [-0.1, -0.05) is 36.4 Å². The Balaban J connectivity index is 1.84. The normalized spacial score (nSPS) is 11.2. The van der Waals surface area contributed by atoms with Gasteiger partial charge in [0.1, 0.15) is 6.07 Å². The second-order valence-electron chi connectivity index (χ2n) is 5.40. The predicted octanol–water partition coefficient (Wildman–Crippen LogP) is 2.97. The summed E-state index contributed by atoms with van der Waals surface area (Å²) < 4.78 is 22.7. The fourth-order valence-electron chi connectivity index (χ4n) is 2.49. The Morgan fingerprint density at radius 3 is 2.46 bits per heavy atom. The van der Waals surface area contributed by atoms with Gasteiger partial charge in [0.15, 0.2) is 0 Å². The van der Waals surface area contributed by atoms with Gasteiger partial charge in [-0.25, -0.2) is 13.6 Å². The lowest BCUT2D eigenvalue weighted by atomic mass is 10.1. The SMILES string of the molecule is N#Cc1cc(S(N)(=O)=O)ccc1NCc1ccc2ccccc2c1. The summed E-state index contributed by atoms with van der Waals surface area (Å²) in [6.07, 6.45) is 0. The number of nitriles is 1. The van der Waals surface area contributed by atoms with Crippen molar-refractivity contribution < 1.29 is 8.42 Å². The molecule has 0 atom stereocenters. The van der Waals surface area contributed by atoms with Gasteiger partial charge in [0.05, 0.1) is 16.1 Å². The summed E-state index contributed by atoms with van der Waals surface area (Å²) in [6, 6.07) is 20.4. The van der Waals surface area contributed by atoms with Crippen molar-refractivity contribution >= 4 is 26.5 Å². The third-order valence-corrected chi connectivity index (χ3v) is 4.65. The van der Waals surface area contributed by atoms with E-state index >= 15 is 0 Å². The molecule has 0 saturated carbocycles. The Hall–Kier alpha value is -2.88. The van der Waals surface area contributed by atoms with Crippen LogP contribution in [-0.4, -0.2) is 8.42 Å². The van der Waals surface area contributed by atoms with E-state index in [4.69, 9.17) is 5.14 Å². The van der Waals surface area contributed by atoms with Gasteiger partial charge in [-0.15, -0.1) is 0 Å². The second-order valence-corrected chi connectivity index (χ2v) is 6.96. The predicted molar refractivity (Wildman–Crippen MR) is 93.8 cm³/mol. The van der Waals surface area contributed by atoms with E-state index in [0.29, 0.717) is 12.2 Å². The number of hydrogen-bond acceptors (Lipinski definition) is 4. The van der Waals surface area contributed by atoms with Crippen molar-refractivity contribution in [2.75, 3.05) is 5.32 Å². The number of anilines is 1. The van der Waals surface area contributed by atoms with E-state index in [1.165, 1.54) is 12.1 Å². The molecule has 0 heterocycles. The first-order chi connectivity index (χ1) is 11.5. The van der Waals surface area contributed by atoms with E-state index < -0.39 is 10.0 Å². The van der Waals surface area contributed by atoms with Crippen LogP contribution in [0, 0.1) is 11.3 Å². The first kappa shape index (κ1) is 16.0. The number of fused-ring (bicyclic) bond motifs is 1. The molecule has 0 aromatic heterocycles. The van der Waals surface area contributed by atoms with Gasteiger partial charge in [0, 0.05) is 6.54 Å². The lowest BCUT2D eigenvalue weighted by molar-refractivity contribution is 0.598. The molecule has 0 radical (unpaired) electrons. The molecule has 0 bridgehead atoms. The Kier molecular flexibility index (Phi) is 4.21. The number of hydrogen-bond donors (Lipinski definition) is 2. The number of nitrogens with one attached hydrogen (secondary N) is 1. The van der Waals surface area contributed by atoms with Crippen LogP contribution in [0.3, 0.4) is 0 Å². The number of benzene rings is 3. The Bertz CT molecular complexity index is 1050. The first-order valence-electron chi connectivity index (χ1n) is 7.26. The van der Waals surface area contributed by atoms with Crippen LogP contribution in [0.5, 0.6) is 0 Å². The molecule has 0 amide bonds. The van der Waals surface area contributed by atoms with Crippen molar-refractivity contribution in [2.45, 2.75) is 11.4 Å². The smallest absolute Gasteiger partial charge is 0.238 e. The highest BCUT2D eigenvalue weighted by Crippen LogP contribution is 2.21. The lowest BCUT2D eigenvalue weighted by Gasteiger charge is -2.10. The molecule has 120 valence electrons. The number of primary sulfonamides is 1. The van der Waals surface area contributed by atoms with Crippen LogP contribution in [0.15, 0.2) is 65.6 Å². The third-order valence-electron chi connectivity index (χ3n) is 3.74. The van der Waals surface area contributed by atoms with E-state index in [9.17, 15) is 13.7 Å². The zero-order valence-electron chi connectivity index (χ0n) is 12.7. The summed E-state index contributed by atoms with van der Waals surface area (Å²) in [5.74, 6) is 0. The highest BCUT2D eigenvalue weighted by molar-refractivity contribution is 7.89. The summed E-state index contributed by atoms with van der Waals surface area (Å²) in [7, 11) is -3.82. The molecule has 0 saturated heterocycles. The summed E-state index contributed by atoms with van der Waals surface area (Å²) in [6.45, 7) is 0.522. The maximum absolute atomic E-state index is 11.4. The summed E-state index contributed by atoms with van der Waals surface area (Å²) in [5, 5.41) is 19.8. The van der Waals surface area contributed by atoms with Crippen LogP contribution in [0.25, 0.3) is 10.8 Å². The number of sulfonamides is 1. The monoisotopic (exact) mass is 337 g/mol. The Morgan fingerprint density at radius 2 is 1.75 bits per heavy atom. The molecule has 0 unspecified atom stereocenters. The minimum absolute atomic E-state index is 0.0738. The minimum atomic E-state index is -3.82. The molecule has 3 aromatic carbocycles. The molecule has 5 nitrogen and oxygen atoms in total. The second kappa shape index (κ2) is 6.32. The van der Waals surface area contributed by atoms with Gasteiger partial charge in [-0.3, -0.25) is 0 Å². The van der Waals surface area contributed by atoms with Crippen molar-refractivity contribution in [1.29, 1.82) is 5.26 Å². The average Bonchev–Trinajstić information content (AvgIpc) is 2.58. The van der Waals surface area contributed by atoms with Crippen LogP contribution in [-0.2, 0) is 16.6 Å². The summed E-state index contributed by atoms with van der Waals surface area (Å²) in [4.78, 5) is -0.0738. The molecule has 0 aliphatic rings. The molecular weight excluding hydrogens is 322 g/mol. The Labute approximate surface area is 140 Å². The molecule has 3 aromatic rings. The standard InChI is InChI=1S/C18H15N3O2S/c19-11-16-10-17(24(20,22)23)7-8-18(16)21-12-13-5-6-14-3-1-2-4-15(14)9-13/h1-10,21H,12H2,(H2,20,22,23). The van der Waals surface area contributed by atoms with Crippen molar-refractivity contribution in [2.24, 2.45) is 5.14 Å². The molecule has 0 aliphatic heterocycles. The highest BCUT2D eigenvalue weighted by atomic mass is 32.2. The van der Waals surface area contributed by atoms with Gasteiger partial charge >= 0.3 is 0 Å². The van der Waals surface area contributed by atoms with Gasteiger partial charge in [0.25, 0.3) is 0 Å². The number of nitrogens with two attached hydrogens (primary N) is 1. The van der Waals surface area contributed by atoms with E-state index in [-0.39, 0.29) is 10.5 Å². The third kappa shape index (κ3) is 3.38. The van der Waals surface area contributed by atoms with Gasteiger partial charge < -0.3 is 5.32 Å². The highest BCUT2D eigenvalue weighted by Gasteiger charge is 2.11. The van der Waals surface area contributed by atoms with E-state index in [1.54, 1.807) is 6.07 Å². The van der Waals surface area contributed by atoms with Crippen molar-refractivity contribution in [3.05, 3.63) is 71.8 Å². The van der Waals surface area contributed by atoms with E-state index in [2.05, 4.69) is 11.4 Å². The van der Waals surface area contributed by atoms with Crippen molar-refractivity contribution in [1.82, 2.24) is 0 Å². The van der Waals surface area contributed by atoms with Gasteiger partial charge in [0.2, 0.25) is 10.0 Å².